The first-order chi connectivity index (χ1) is 16.2. The quantitative estimate of drug-likeness (QED) is 0.210. The highest BCUT2D eigenvalue weighted by Gasteiger charge is 2.35. The number of benzene rings is 2. The Bertz CT molecular complexity index is 1170. The third-order valence-corrected chi connectivity index (χ3v) is 5.74. The molecular formula is C22H19ClN2O8S. The van der Waals surface area contributed by atoms with E-state index in [9.17, 15) is 24.5 Å². The highest BCUT2D eigenvalue weighted by atomic mass is 35.5. The summed E-state index contributed by atoms with van der Waals surface area (Å²) in [6.07, 6.45) is 1.50. The highest BCUT2D eigenvalue weighted by molar-refractivity contribution is 8.18. The number of ether oxygens (including phenoxy) is 3. The van der Waals surface area contributed by atoms with Gasteiger partial charge in [-0.15, -0.1) is 0 Å². The molecule has 0 atom stereocenters. The van der Waals surface area contributed by atoms with Crippen LogP contribution in [0.2, 0.25) is 5.02 Å². The predicted octanol–water partition coefficient (Wildman–Crippen LogP) is 4.44. The number of hydrogen-bond donors (Lipinski definition) is 0. The summed E-state index contributed by atoms with van der Waals surface area (Å²) in [5.74, 6) is -0.689. The minimum Gasteiger partial charge on any atom is -0.490 e. The molecule has 0 spiro atoms. The van der Waals surface area contributed by atoms with Gasteiger partial charge in [0, 0.05) is 12.1 Å². The van der Waals surface area contributed by atoms with Crippen LogP contribution in [0, 0.1) is 10.1 Å². The Hall–Kier alpha value is -3.57. The van der Waals surface area contributed by atoms with Crippen LogP contribution >= 0.6 is 23.4 Å². The van der Waals surface area contributed by atoms with E-state index in [1.165, 1.54) is 43.5 Å². The monoisotopic (exact) mass is 506 g/mol. The standard InChI is InChI=1S/C22H19ClN2O8S/c1-3-32-17-9-14(8-16(23)20(17)33-12-19(26)31-2)10-18-21(27)24(22(28)34-18)11-13-4-6-15(7-5-13)25(29)30/h4-10H,3,11-12H2,1-2H3/b18-10-. The summed E-state index contributed by atoms with van der Waals surface area (Å²) in [5, 5.41) is 10.5. The molecule has 1 saturated heterocycles. The van der Waals surface area contributed by atoms with Crippen molar-refractivity contribution in [1.82, 2.24) is 4.90 Å². The van der Waals surface area contributed by atoms with Crippen molar-refractivity contribution in [2.75, 3.05) is 20.3 Å². The minimum absolute atomic E-state index is 0.0226. The van der Waals surface area contributed by atoms with Gasteiger partial charge in [0.1, 0.15) is 0 Å². The fourth-order valence-corrected chi connectivity index (χ4v) is 4.07. The van der Waals surface area contributed by atoms with Crippen LogP contribution in [0.4, 0.5) is 10.5 Å². The van der Waals surface area contributed by atoms with Crippen molar-refractivity contribution in [3.05, 3.63) is 67.6 Å². The van der Waals surface area contributed by atoms with Crippen LogP contribution in [0.1, 0.15) is 18.1 Å². The van der Waals surface area contributed by atoms with Gasteiger partial charge in [-0.25, -0.2) is 4.79 Å². The van der Waals surface area contributed by atoms with Crippen molar-refractivity contribution >= 4 is 52.2 Å². The van der Waals surface area contributed by atoms with Crippen molar-refractivity contribution in [2.24, 2.45) is 0 Å². The van der Waals surface area contributed by atoms with Crippen LogP contribution in [0.25, 0.3) is 6.08 Å². The number of nitrogens with zero attached hydrogens (tertiary/aromatic N) is 2. The molecule has 2 aromatic rings. The van der Waals surface area contributed by atoms with Crippen molar-refractivity contribution in [3.63, 3.8) is 0 Å². The van der Waals surface area contributed by atoms with E-state index in [0.717, 1.165) is 16.7 Å². The zero-order valence-corrected chi connectivity index (χ0v) is 19.7. The summed E-state index contributed by atoms with van der Waals surface area (Å²) in [5.41, 5.74) is 0.974. The Morgan fingerprint density at radius 1 is 1.21 bits per heavy atom. The maximum Gasteiger partial charge on any atom is 0.343 e. The second kappa shape index (κ2) is 11.0. The number of rotatable bonds is 9. The third kappa shape index (κ3) is 5.86. The summed E-state index contributed by atoms with van der Waals surface area (Å²) >= 11 is 7.08. The average Bonchev–Trinajstić information content (AvgIpc) is 3.06. The molecule has 2 amide bonds. The number of nitro groups is 1. The van der Waals surface area contributed by atoms with Crippen molar-refractivity contribution in [3.8, 4) is 11.5 Å². The number of imide groups is 1. The number of esters is 1. The lowest BCUT2D eigenvalue weighted by Gasteiger charge is -2.14. The molecule has 0 bridgehead atoms. The number of nitro benzene ring substituents is 1. The maximum absolute atomic E-state index is 12.8. The van der Waals surface area contributed by atoms with Gasteiger partial charge in [0.2, 0.25) is 0 Å². The highest BCUT2D eigenvalue weighted by Crippen LogP contribution is 2.39. The van der Waals surface area contributed by atoms with Crippen LogP contribution in [0.5, 0.6) is 11.5 Å². The van der Waals surface area contributed by atoms with E-state index < -0.39 is 22.0 Å². The molecule has 0 unspecified atom stereocenters. The molecule has 12 heteroatoms. The predicted molar refractivity (Wildman–Crippen MR) is 125 cm³/mol. The Kier molecular flexibility index (Phi) is 8.13. The number of thioether (sulfide) groups is 1. The molecule has 0 N–H and O–H groups in total. The van der Waals surface area contributed by atoms with Gasteiger partial charge < -0.3 is 14.2 Å². The lowest BCUT2D eigenvalue weighted by atomic mass is 10.1. The molecule has 10 nitrogen and oxygen atoms in total. The Balaban J connectivity index is 1.81. The lowest BCUT2D eigenvalue weighted by molar-refractivity contribution is -0.384. The van der Waals surface area contributed by atoms with E-state index in [-0.39, 0.29) is 40.3 Å². The molecule has 0 radical (unpaired) electrons. The molecule has 0 saturated carbocycles. The SMILES string of the molecule is CCOc1cc(/C=C2\SC(=O)N(Cc3ccc([N+](=O)[O-])cc3)C2=O)cc(Cl)c1OCC(=O)OC. The van der Waals surface area contributed by atoms with Gasteiger partial charge in [-0.2, -0.15) is 0 Å². The first-order valence-electron chi connectivity index (χ1n) is 9.88. The van der Waals surface area contributed by atoms with Gasteiger partial charge in [-0.3, -0.25) is 24.6 Å². The number of carbonyl (C=O) groups is 3. The van der Waals surface area contributed by atoms with Gasteiger partial charge in [0.25, 0.3) is 16.8 Å². The van der Waals surface area contributed by atoms with Crippen molar-refractivity contribution in [1.29, 1.82) is 0 Å². The lowest BCUT2D eigenvalue weighted by Crippen LogP contribution is -2.27. The van der Waals surface area contributed by atoms with Gasteiger partial charge in [0.05, 0.1) is 35.1 Å². The van der Waals surface area contributed by atoms with E-state index in [4.69, 9.17) is 21.1 Å². The van der Waals surface area contributed by atoms with Crippen molar-refractivity contribution < 1.29 is 33.5 Å². The molecule has 0 aliphatic carbocycles. The Morgan fingerprint density at radius 2 is 1.91 bits per heavy atom. The first kappa shape index (κ1) is 25.1. The summed E-state index contributed by atoms with van der Waals surface area (Å²) in [6, 6.07) is 8.70. The number of halogens is 1. The van der Waals surface area contributed by atoms with E-state index in [1.807, 2.05) is 0 Å². The molecule has 1 heterocycles. The Morgan fingerprint density at radius 3 is 2.53 bits per heavy atom. The van der Waals surface area contributed by atoms with Crippen LogP contribution in [0.3, 0.4) is 0 Å². The fraction of sp³-hybridized carbons (Fsp3) is 0.227. The fourth-order valence-electron chi connectivity index (χ4n) is 2.96. The van der Waals surface area contributed by atoms with Crippen LogP contribution in [-0.2, 0) is 20.9 Å². The van der Waals surface area contributed by atoms with E-state index >= 15 is 0 Å². The van der Waals surface area contributed by atoms with Gasteiger partial charge in [-0.1, -0.05) is 23.7 Å². The first-order valence-corrected chi connectivity index (χ1v) is 11.1. The smallest absolute Gasteiger partial charge is 0.343 e. The number of hydrogen-bond acceptors (Lipinski definition) is 9. The van der Waals surface area contributed by atoms with Gasteiger partial charge >= 0.3 is 5.97 Å². The third-order valence-electron chi connectivity index (χ3n) is 4.55. The minimum atomic E-state index is -0.593. The molecular weight excluding hydrogens is 488 g/mol. The molecule has 1 aliphatic heterocycles. The summed E-state index contributed by atoms with van der Waals surface area (Å²) in [6.45, 7) is 1.66. The van der Waals surface area contributed by atoms with Gasteiger partial charge in [-0.05, 0) is 48.0 Å². The molecule has 1 fully saturated rings. The zero-order chi connectivity index (χ0) is 24.8. The molecule has 178 valence electrons. The van der Waals surface area contributed by atoms with Crippen LogP contribution in [0.15, 0.2) is 41.3 Å². The van der Waals surface area contributed by atoms with Gasteiger partial charge in [0.15, 0.2) is 18.1 Å². The topological polar surface area (TPSA) is 125 Å². The Labute approximate surface area is 203 Å². The van der Waals surface area contributed by atoms with E-state index in [0.29, 0.717) is 17.7 Å². The molecule has 34 heavy (non-hydrogen) atoms. The van der Waals surface area contributed by atoms with E-state index in [2.05, 4.69) is 4.74 Å². The maximum atomic E-state index is 12.8. The number of methoxy groups -OCH3 is 1. The summed E-state index contributed by atoms with van der Waals surface area (Å²) in [4.78, 5) is 48.2. The van der Waals surface area contributed by atoms with Crippen LogP contribution < -0.4 is 9.47 Å². The van der Waals surface area contributed by atoms with Crippen LogP contribution in [-0.4, -0.2) is 47.3 Å². The molecule has 2 aromatic carbocycles. The molecule has 1 aliphatic rings. The summed E-state index contributed by atoms with van der Waals surface area (Å²) in [7, 11) is 1.23. The average molecular weight is 507 g/mol. The second-order valence-corrected chi connectivity index (χ2v) is 8.22. The normalized spacial score (nSPS) is 14.4. The molecule has 0 aromatic heterocycles. The van der Waals surface area contributed by atoms with E-state index in [1.54, 1.807) is 13.0 Å². The second-order valence-electron chi connectivity index (χ2n) is 6.82. The largest absolute Gasteiger partial charge is 0.490 e. The zero-order valence-electron chi connectivity index (χ0n) is 18.1. The van der Waals surface area contributed by atoms with Crippen molar-refractivity contribution in [2.45, 2.75) is 13.5 Å². The summed E-state index contributed by atoms with van der Waals surface area (Å²) < 4.78 is 15.5. The molecule has 3 rings (SSSR count). The number of amides is 2. The number of non-ortho nitro benzene ring substituents is 1. The number of carbonyl (C=O) groups excluding carboxylic acids is 3.